The van der Waals surface area contributed by atoms with Crippen molar-refractivity contribution < 1.29 is 53.8 Å². The van der Waals surface area contributed by atoms with Gasteiger partial charge in [0, 0.05) is 18.9 Å². The van der Waals surface area contributed by atoms with Crippen LogP contribution in [0.25, 0.3) is 0 Å². The molecule has 1 aromatic carbocycles. The Morgan fingerprint density at radius 3 is 2.61 bits per heavy atom. The summed E-state index contributed by atoms with van der Waals surface area (Å²) in [6.45, 7) is 0.0929. The summed E-state index contributed by atoms with van der Waals surface area (Å²) in [6.07, 6.45) is -4.11. The number of esters is 2. The Morgan fingerprint density at radius 2 is 1.94 bits per heavy atom. The minimum atomic E-state index is -2.35. The van der Waals surface area contributed by atoms with Crippen LogP contribution in [0.1, 0.15) is 25.3 Å². The average Bonchev–Trinajstić information content (AvgIpc) is 2.79. The lowest BCUT2D eigenvalue weighted by atomic mass is 9.90. The van der Waals surface area contributed by atoms with E-state index in [4.69, 9.17) is 18.9 Å². The zero-order valence-corrected chi connectivity index (χ0v) is 17.8. The number of carbonyl (C=O) groups excluding carboxylic acids is 3. The van der Waals surface area contributed by atoms with Crippen molar-refractivity contribution in [3.8, 4) is 5.75 Å². The Bertz CT molecular complexity index is 913. The number of hydrogen-bond donors (Lipinski definition) is 4. The third kappa shape index (κ3) is 5.40. The van der Waals surface area contributed by atoms with Gasteiger partial charge in [-0.25, -0.2) is 4.79 Å². The predicted octanol–water partition coefficient (Wildman–Crippen LogP) is -0.870. The van der Waals surface area contributed by atoms with Crippen molar-refractivity contribution in [2.75, 3.05) is 6.61 Å². The standard InChI is InChI=1S/C22H26O11/c1-12(24)31-19-18(27)17(26)15(10-23)33-20(19)32-14-7-3-2-6-13(14)11-30-21(28)22(29)9-5-4-8-16(22)25/h2-3,5-7,9,15,17-20,23,26-27,29H,4,8,10-11H2,1H3/t15-,17-,18+,19+,20-,22-/m1/s1. The Balaban J connectivity index is 1.76. The second kappa shape index (κ2) is 10.4. The summed E-state index contributed by atoms with van der Waals surface area (Å²) in [5, 5.41) is 40.2. The molecule has 1 aliphatic heterocycles. The van der Waals surface area contributed by atoms with Gasteiger partial charge in [-0.05, 0) is 18.6 Å². The second-order valence-corrected chi connectivity index (χ2v) is 7.71. The molecule has 0 spiro atoms. The van der Waals surface area contributed by atoms with Crippen molar-refractivity contribution in [1.82, 2.24) is 0 Å². The highest BCUT2D eigenvalue weighted by atomic mass is 16.7. The van der Waals surface area contributed by atoms with Crippen molar-refractivity contribution in [1.29, 1.82) is 0 Å². The molecule has 2 aliphatic rings. The van der Waals surface area contributed by atoms with E-state index in [0.717, 1.165) is 13.0 Å². The molecule has 6 atom stereocenters. The number of aliphatic hydroxyl groups excluding tert-OH is 3. The number of benzene rings is 1. The number of ketones is 1. The molecule has 0 amide bonds. The third-order valence-electron chi connectivity index (χ3n) is 5.33. The fraction of sp³-hybridized carbons (Fsp3) is 0.500. The molecule has 4 N–H and O–H groups in total. The SMILES string of the molecule is CC(=O)O[C@@H]1[C@H](Oc2ccccc2COC(=O)[C@@]2(O)C=CCCC2=O)O[C@H](CO)[C@@H](O)[C@@H]1O. The fourth-order valence-electron chi connectivity index (χ4n) is 3.52. The fourth-order valence-corrected chi connectivity index (χ4v) is 3.52. The monoisotopic (exact) mass is 466 g/mol. The average molecular weight is 466 g/mol. The lowest BCUT2D eigenvalue weighted by molar-refractivity contribution is -0.282. The molecule has 0 unspecified atom stereocenters. The quantitative estimate of drug-likeness (QED) is 0.224. The number of ether oxygens (including phenoxy) is 4. The van der Waals surface area contributed by atoms with E-state index < -0.39 is 60.6 Å². The van der Waals surface area contributed by atoms with E-state index in [9.17, 15) is 34.8 Å². The number of carbonyl (C=O) groups is 3. The first-order valence-electron chi connectivity index (χ1n) is 10.3. The summed E-state index contributed by atoms with van der Waals surface area (Å²) < 4.78 is 21.4. The molecule has 1 aromatic rings. The lowest BCUT2D eigenvalue weighted by Crippen LogP contribution is -2.61. The molecule has 0 aromatic heterocycles. The van der Waals surface area contributed by atoms with Crippen LogP contribution in [0.4, 0.5) is 0 Å². The maximum Gasteiger partial charge on any atom is 0.350 e. The Labute approximate surface area is 189 Å². The predicted molar refractivity (Wildman–Crippen MR) is 109 cm³/mol. The molecule has 1 saturated heterocycles. The first-order valence-corrected chi connectivity index (χ1v) is 10.3. The molecule has 11 heteroatoms. The topological polar surface area (TPSA) is 169 Å². The Morgan fingerprint density at radius 1 is 1.21 bits per heavy atom. The first-order chi connectivity index (χ1) is 15.7. The van der Waals surface area contributed by atoms with Crippen molar-refractivity contribution in [2.45, 2.75) is 62.7 Å². The van der Waals surface area contributed by atoms with Crippen LogP contribution in [0.15, 0.2) is 36.4 Å². The van der Waals surface area contributed by atoms with Gasteiger partial charge in [-0.1, -0.05) is 24.3 Å². The molecule has 1 aliphatic carbocycles. The first kappa shape index (κ1) is 24.8. The molecule has 0 bridgehead atoms. The Kier molecular flexibility index (Phi) is 7.82. The summed E-state index contributed by atoms with van der Waals surface area (Å²) in [5.41, 5.74) is -2.04. The van der Waals surface area contributed by atoms with E-state index in [0.29, 0.717) is 12.0 Å². The second-order valence-electron chi connectivity index (χ2n) is 7.71. The summed E-state index contributed by atoms with van der Waals surface area (Å²) in [5.74, 6) is -2.44. The minimum absolute atomic E-state index is 0.0125. The minimum Gasteiger partial charge on any atom is -0.460 e. The molecule has 0 saturated carbocycles. The van der Waals surface area contributed by atoms with E-state index in [-0.39, 0.29) is 18.8 Å². The zero-order valence-electron chi connectivity index (χ0n) is 17.8. The van der Waals surface area contributed by atoms with E-state index in [1.165, 1.54) is 12.1 Å². The molecular weight excluding hydrogens is 440 g/mol. The maximum atomic E-state index is 12.4. The number of aliphatic hydroxyl groups is 4. The maximum absolute atomic E-state index is 12.4. The third-order valence-corrected chi connectivity index (χ3v) is 5.33. The van der Waals surface area contributed by atoms with Crippen LogP contribution in [0.5, 0.6) is 5.75 Å². The highest BCUT2D eigenvalue weighted by Crippen LogP contribution is 2.29. The smallest absolute Gasteiger partial charge is 0.350 e. The lowest BCUT2D eigenvalue weighted by Gasteiger charge is -2.41. The molecular formula is C22H26O11. The number of rotatable bonds is 7. The summed E-state index contributed by atoms with van der Waals surface area (Å²) >= 11 is 0. The van der Waals surface area contributed by atoms with Crippen molar-refractivity contribution >= 4 is 17.7 Å². The van der Waals surface area contributed by atoms with E-state index in [2.05, 4.69) is 0 Å². The Hall–Kier alpha value is -2.83. The summed E-state index contributed by atoms with van der Waals surface area (Å²) in [6, 6.07) is 6.25. The summed E-state index contributed by atoms with van der Waals surface area (Å²) in [7, 11) is 0. The van der Waals surface area contributed by atoms with Crippen LogP contribution in [-0.4, -0.2) is 81.1 Å². The number of para-hydroxylation sites is 1. The van der Waals surface area contributed by atoms with Crippen LogP contribution in [-0.2, 0) is 35.2 Å². The van der Waals surface area contributed by atoms with Gasteiger partial charge in [0.25, 0.3) is 0 Å². The molecule has 0 radical (unpaired) electrons. The van der Waals surface area contributed by atoms with Crippen molar-refractivity contribution in [3.05, 3.63) is 42.0 Å². The van der Waals surface area contributed by atoms with Crippen molar-refractivity contribution in [2.24, 2.45) is 0 Å². The largest absolute Gasteiger partial charge is 0.460 e. The molecule has 1 heterocycles. The number of allylic oxidation sites excluding steroid dienone is 1. The van der Waals surface area contributed by atoms with Crippen LogP contribution < -0.4 is 4.74 Å². The van der Waals surface area contributed by atoms with Crippen molar-refractivity contribution in [3.63, 3.8) is 0 Å². The van der Waals surface area contributed by atoms with Crippen LogP contribution in [0, 0.1) is 0 Å². The molecule has 11 nitrogen and oxygen atoms in total. The van der Waals surface area contributed by atoms with Crippen LogP contribution in [0.3, 0.4) is 0 Å². The number of hydrogen-bond acceptors (Lipinski definition) is 11. The normalized spacial score (nSPS) is 31.7. The van der Waals surface area contributed by atoms with Gasteiger partial charge >= 0.3 is 11.9 Å². The highest BCUT2D eigenvalue weighted by molar-refractivity contribution is 6.09. The molecule has 180 valence electrons. The van der Waals surface area contributed by atoms with E-state index >= 15 is 0 Å². The van der Waals surface area contributed by atoms with Gasteiger partial charge < -0.3 is 39.4 Å². The van der Waals surface area contributed by atoms with E-state index in [1.54, 1.807) is 18.2 Å². The van der Waals surface area contributed by atoms with E-state index in [1.807, 2.05) is 0 Å². The highest BCUT2D eigenvalue weighted by Gasteiger charge is 2.48. The van der Waals surface area contributed by atoms with Crippen LogP contribution in [0.2, 0.25) is 0 Å². The van der Waals surface area contributed by atoms with Crippen LogP contribution >= 0.6 is 0 Å². The van der Waals surface area contributed by atoms with Gasteiger partial charge in [-0.3, -0.25) is 9.59 Å². The summed E-state index contributed by atoms with van der Waals surface area (Å²) in [4.78, 5) is 35.8. The van der Waals surface area contributed by atoms with Gasteiger partial charge in [0.1, 0.15) is 30.7 Å². The molecule has 33 heavy (non-hydrogen) atoms. The van der Waals surface area contributed by atoms with Gasteiger partial charge in [0.2, 0.25) is 11.9 Å². The zero-order chi connectivity index (χ0) is 24.2. The molecule has 1 fully saturated rings. The van der Waals surface area contributed by atoms with Gasteiger partial charge in [0.05, 0.1) is 6.61 Å². The van der Waals surface area contributed by atoms with Gasteiger partial charge in [0.15, 0.2) is 11.9 Å². The van der Waals surface area contributed by atoms with Gasteiger partial charge in [-0.15, -0.1) is 0 Å². The molecule has 3 rings (SSSR count). The van der Waals surface area contributed by atoms with Gasteiger partial charge in [-0.2, -0.15) is 0 Å². The number of Topliss-reactive ketones (excluding diaryl/α,β-unsaturated/α-hetero) is 1.